The van der Waals surface area contributed by atoms with Crippen LogP contribution in [0.3, 0.4) is 0 Å². The van der Waals surface area contributed by atoms with E-state index < -0.39 is 5.97 Å². The maximum Gasteiger partial charge on any atom is 0.336 e. The van der Waals surface area contributed by atoms with Gasteiger partial charge in [-0.05, 0) is 39.9 Å². The Hall–Kier alpha value is -0.680. The van der Waals surface area contributed by atoms with Gasteiger partial charge in [-0.3, -0.25) is 0 Å². The van der Waals surface area contributed by atoms with Crippen molar-refractivity contribution in [1.82, 2.24) is 0 Å². The summed E-state index contributed by atoms with van der Waals surface area (Å²) in [5.41, 5.74) is 0.223. The van der Waals surface area contributed by atoms with Gasteiger partial charge in [-0.2, -0.15) is 11.8 Å². The summed E-state index contributed by atoms with van der Waals surface area (Å²) in [5, 5.41) is 8.91. The SMILES string of the molecule is CCSCCOc1ccc(Br)c(C(=O)O)c1. The molecule has 5 heteroatoms. The van der Waals surface area contributed by atoms with Crippen LogP contribution in [0, 0.1) is 0 Å². The van der Waals surface area contributed by atoms with Crippen LogP contribution in [0.2, 0.25) is 0 Å². The molecule has 1 aromatic carbocycles. The lowest BCUT2D eigenvalue weighted by Gasteiger charge is -2.07. The van der Waals surface area contributed by atoms with Gasteiger partial charge in [-0.1, -0.05) is 6.92 Å². The molecule has 0 fully saturated rings. The van der Waals surface area contributed by atoms with Gasteiger partial charge in [0, 0.05) is 10.2 Å². The van der Waals surface area contributed by atoms with Crippen molar-refractivity contribution in [1.29, 1.82) is 0 Å². The highest BCUT2D eigenvalue weighted by atomic mass is 79.9. The van der Waals surface area contributed by atoms with Crippen LogP contribution in [0.25, 0.3) is 0 Å². The molecule has 0 aliphatic carbocycles. The monoisotopic (exact) mass is 304 g/mol. The van der Waals surface area contributed by atoms with Crippen molar-refractivity contribution < 1.29 is 14.6 Å². The number of hydrogen-bond donors (Lipinski definition) is 1. The van der Waals surface area contributed by atoms with E-state index in [1.54, 1.807) is 23.9 Å². The minimum atomic E-state index is -0.958. The normalized spacial score (nSPS) is 10.1. The molecular formula is C11H13BrO3S. The Balaban J connectivity index is 2.61. The summed E-state index contributed by atoms with van der Waals surface area (Å²) >= 11 is 4.97. The van der Waals surface area contributed by atoms with Crippen molar-refractivity contribution >= 4 is 33.7 Å². The molecule has 0 aromatic heterocycles. The van der Waals surface area contributed by atoms with E-state index in [2.05, 4.69) is 22.9 Å². The van der Waals surface area contributed by atoms with Crippen molar-refractivity contribution in [3.63, 3.8) is 0 Å². The number of aromatic carboxylic acids is 1. The number of thioether (sulfide) groups is 1. The van der Waals surface area contributed by atoms with Crippen LogP contribution < -0.4 is 4.74 Å². The molecule has 3 nitrogen and oxygen atoms in total. The van der Waals surface area contributed by atoms with Gasteiger partial charge < -0.3 is 9.84 Å². The van der Waals surface area contributed by atoms with E-state index in [0.717, 1.165) is 11.5 Å². The van der Waals surface area contributed by atoms with Crippen LogP contribution in [-0.4, -0.2) is 29.2 Å². The van der Waals surface area contributed by atoms with Crippen LogP contribution >= 0.6 is 27.7 Å². The number of rotatable bonds is 6. The van der Waals surface area contributed by atoms with Gasteiger partial charge in [0.1, 0.15) is 5.75 Å². The van der Waals surface area contributed by atoms with Gasteiger partial charge in [0.15, 0.2) is 0 Å². The summed E-state index contributed by atoms with van der Waals surface area (Å²) in [6.07, 6.45) is 0. The van der Waals surface area contributed by atoms with Crippen molar-refractivity contribution in [2.45, 2.75) is 6.92 Å². The molecule has 0 aliphatic rings. The molecule has 88 valence electrons. The van der Waals surface area contributed by atoms with Crippen molar-refractivity contribution in [2.24, 2.45) is 0 Å². The van der Waals surface area contributed by atoms with Crippen LogP contribution in [0.15, 0.2) is 22.7 Å². The molecule has 0 spiro atoms. The Morgan fingerprint density at radius 1 is 1.56 bits per heavy atom. The lowest BCUT2D eigenvalue weighted by Crippen LogP contribution is -2.03. The molecule has 0 radical (unpaired) electrons. The number of carboxylic acids is 1. The van der Waals surface area contributed by atoms with Crippen molar-refractivity contribution in [3.05, 3.63) is 28.2 Å². The first-order chi connectivity index (χ1) is 7.65. The highest BCUT2D eigenvalue weighted by Gasteiger charge is 2.09. The van der Waals surface area contributed by atoms with Crippen molar-refractivity contribution in [3.8, 4) is 5.75 Å². The predicted molar refractivity (Wildman–Crippen MR) is 69.6 cm³/mol. The summed E-state index contributed by atoms with van der Waals surface area (Å²) in [7, 11) is 0. The van der Waals surface area contributed by atoms with E-state index in [4.69, 9.17) is 9.84 Å². The van der Waals surface area contributed by atoms with Gasteiger partial charge >= 0.3 is 5.97 Å². The van der Waals surface area contributed by atoms with E-state index in [1.165, 1.54) is 6.07 Å². The van der Waals surface area contributed by atoms with E-state index >= 15 is 0 Å². The molecule has 0 saturated heterocycles. The molecule has 0 unspecified atom stereocenters. The standard InChI is InChI=1S/C11H13BrO3S/c1-2-16-6-5-15-8-3-4-10(12)9(7-8)11(13)14/h3-4,7H,2,5-6H2,1H3,(H,13,14). The second kappa shape index (κ2) is 6.81. The van der Waals surface area contributed by atoms with Crippen molar-refractivity contribution in [2.75, 3.05) is 18.1 Å². The number of ether oxygens (including phenoxy) is 1. The first-order valence-corrected chi connectivity index (χ1v) is 6.83. The average molecular weight is 305 g/mol. The summed E-state index contributed by atoms with van der Waals surface area (Å²) in [5.74, 6) is 1.61. The molecule has 0 heterocycles. The molecule has 0 atom stereocenters. The third-order valence-electron chi connectivity index (χ3n) is 1.87. The topological polar surface area (TPSA) is 46.5 Å². The fourth-order valence-corrected chi connectivity index (χ4v) is 2.03. The molecule has 16 heavy (non-hydrogen) atoms. The van der Waals surface area contributed by atoms with Gasteiger partial charge in [0.2, 0.25) is 0 Å². The maximum atomic E-state index is 10.9. The zero-order valence-corrected chi connectivity index (χ0v) is 11.3. The Morgan fingerprint density at radius 3 is 2.94 bits per heavy atom. The van der Waals surface area contributed by atoms with Crippen LogP contribution in [-0.2, 0) is 0 Å². The van der Waals surface area contributed by atoms with Crippen LogP contribution in [0.5, 0.6) is 5.75 Å². The van der Waals surface area contributed by atoms with E-state index in [9.17, 15) is 4.79 Å². The second-order valence-electron chi connectivity index (χ2n) is 2.99. The van der Waals surface area contributed by atoms with E-state index in [1.807, 2.05) is 0 Å². The Bertz CT molecular complexity index is 368. The van der Waals surface area contributed by atoms with Gasteiger partial charge in [-0.25, -0.2) is 4.79 Å². The second-order valence-corrected chi connectivity index (χ2v) is 5.24. The van der Waals surface area contributed by atoms with E-state index in [-0.39, 0.29) is 5.56 Å². The number of hydrogen-bond acceptors (Lipinski definition) is 3. The fourth-order valence-electron chi connectivity index (χ4n) is 1.12. The van der Waals surface area contributed by atoms with Crippen LogP contribution in [0.1, 0.15) is 17.3 Å². The summed E-state index contributed by atoms with van der Waals surface area (Å²) in [6, 6.07) is 4.97. The summed E-state index contributed by atoms with van der Waals surface area (Å²) in [4.78, 5) is 10.9. The number of carboxylic acid groups (broad SMARTS) is 1. The molecule has 0 aliphatic heterocycles. The first kappa shape index (κ1) is 13.4. The Kier molecular flexibility index (Phi) is 5.69. The fraction of sp³-hybridized carbons (Fsp3) is 0.364. The molecule has 1 rings (SSSR count). The van der Waals surface area contributed by atoms with Gasteiger partial charge in [0.25, 0.3) is 0 Å². The molecule has 0 bridgehead atoms. The third kappa shape index (κ3) is 4.06. The minimum absolute atomic E-state index is 0.223. The third-order valence-corrected chi connectivity index (χ3v) is 3.42. The average Bonchev–Trinajstić information content (AvgIpc) is 2.26. The number of benzene rings is 1. The predicted octanol–water partition coefficient (Wildman–Crippen LogP) is 3.28. The van der Waals surface area contributed by atoms with Crippen LogP contribution in [0.4, 0.5) is 0 Å². The molecule has 0 amide bonds. The van der Waals surface area contributed by atoms with Gasteiger partial charge in [0.05, 0.1) is 12.2 Å². The highest BCUT2D eigenvalue weighted by molar-refractivity contribution is 9.10. The lowest BCUT2D eigenvalue weighted by molar-refractivity contribution is 0.0695. The molecule has 0 saturated carbocycles. The minimum Gasteiger partial charge on any atom is -0.493 e. The van der Waals surface area contributed by atoms with Gasteiger partial charge in [-0.15, -0.1) is 0 Å². The number of halogens is 1. The zero-order chi connectivity index (χ0) is 12.0. The quantitative estimate of drug-likeness (QED) is 0.819. The maximum absolute atomic E-state index is 10.9. The lowest BCUT2D eigenvalue weighted by atomic mass is 10.2. The Morgan fingerprint density at radius 2 is 2.31 bits per heavy atom. The largest absolute Gasteiger partial charge is 0.493 e. The molecule has 1 aromatic rings. The number of carbonyl (C=O) groups is 1. The molecule has 1 N–H and O–H groups in total. The highest BCUT2D eigenvalue weighted by Crippen LogP contribution is 2.22. The first-order valence-electron chi connectivity index (χ1n) is 4.88. The summed E-state index contributed by atoms with van der Waals surface area (Å²) in [6.45, 7) is 2.69. The Labute approximate surface area is 107 Å². The summed E-state index contributed by atoms with van der Waals surface area (Å²) < 4.78 is 6.01. The zero-order valence-electron chi connectivity index (χ0n) is 8.90. The van der Waals surface area contributed by atoms with E-state index in [0.29, 0.717) is 16.8 Å². The smallest absolute Gasteiger partial charge is 0.336 e. The molecular weight excluding hydrogens is 292 g/mol.